The highest BCUT2D eigenvalue weighted by atomic mass is 79.9. The molecule has 2 rings (SSSR count). The van der Waals surface area contributed by atoms with E-state index in [1.54, 1.807) is 0 Å². The van der Waals surface area contributed by atoms with E-state index in [-0.39, 0.29) is 0 Å². The number of hydrogen-bond donors (Lipinski definition) is 1. The third-order valence-corrected chi connectivity index (χ3v) is 4.84. The van der Waals surface area contributed by atoms with E-state index < -0.39 is 0 Å². The molecular formula is C12H19Br2N3O. The molecule has 0 atom stereocenters. The molecule has 1 N–H and O–H groups in total. The average molecular weight is 381 g/mol. The molecule has 4 nitrogen and oxygen atoms in total. The second-order valence-corrected chi connectivity index (χ2v) is 6.24. The fourth-order valence-electron chi connectivity index (χ4n) is 2.06. The molecule has 2 heterocycles. The van der Waals surface area contributed by atoms with Crippen molar-refractivity contribution in [3.63, 3.8) is 0 Å². The molecule has 18 heavy (non-hydrogen) atoms. The Kier molecular flexibility index (Phi) is 5.69. The molecule has 1 aliphatic heterocycles. The van der Waals surface area contributed by atoms with Gasteiger partial charge in [0.25, 0.3) is 0 Å². The fraction of sp³-hybridized carbons (Fsp3) is 0.667. The molecule has 1 aliphatic rings. The summed E-state index contributed by atoms with van der Waals surface area (Å²) in [5.41, 5.74) is 0. The van der Waals surface area contributed by atoms with Gasteiger partial charge in [-0.3, -0.25) is 9.80 Å². The van der Waals surface area contributed by atoms with Gasteiger partial charge in [0.2, 0.25) is 0 Å². The third kappa shape index (κ3) is 4.35. The standard InChI is InChI=1S/C12H19Br2N3O/c1-16(6-7-17-4-2-15-3-5-17)9-10-8-11(13)12(14)18-10/h8,15H,2-7,9H2,1H3. The normalized spacial score (nSPS) is 17.6. The Bertz CT molecular complexity index is 358. The number of likely N-dealkylation sites (N-methyl/N-ethyl adjacent to an activating group) is 1. The summed E-state index contributed by atoms with van der Waals surface area (Å²) >= 11 is 6.79. The van der Waals surface area contributed by atoms with Crippen LogP contribution in [0.4, 0.5) is 0 Å². The van der Waals surface area contributed by atoms with Crippen molar-refractivity contribution in [2.75, 3.05) is 46.3 Å². The number of furan rings is 1. The maximum absolute atomic E-state index is 5.58. The quantitative estimate of drug-likeness (QED) is 0.847. The molecular weight excluding hydrogens is 362 g/mol. The maximum Gasteiger partial charge on any atom is 0.183 e. The van der Waals surface area contributed by atoms with Crippen LogP contribution in [0.1, 0.15) is 5.76 Å². The Morgan fingerprint density at radius 2 is 2.11 bits per heavy atom. The van der Waals surface area contributed by atoms with Gasteiger partial charge in [0.15, 0.2) is 4.67 Å². The molecule has 0 spiro atoms. The minimum Gasteiger partial charge on any atom is -0.452 e. The van der Waals surface area contributed by atoms with Gasteiger partial charge in [-0.2, -0.15) is 0 Å². The van der Waals surface area contributed by atoms with Crippen LogP contribution in [0, 0.1) is 0 Å². The van der Waals surface area contributed by atoms with Crippen molar-refractivity contribution in [1.82, 2.24) is 15.1 Å². The average Bonchev–Trinajstić information content (AvgIpc) is 2.67. The molecule has 0 unspecified atom stereocenters. The van der Waals surface area contributed by atoms with Gasteiger partial charge in [-0.15, -0.1) is 0 Å². The van der Waals surface area contributed by atoms with Gasteiger partial charge in [-0.05, 0) is 45.0 Å². The van der Waals surface area contributed by atoms with Gasteiger partial charge in [0.05, 0.1) is 11.0 Å². The molecule has 0 radical (unpaired) electrons. The number of nitrogens with zero attached hydrogens (tertiary/aromatic N) is 2. The lowest BCUT2D eigenvalue weighted by molar-refractivity contribution is 0.196. The molecule has 1 aromatic heterocycles. The van der Waals surface area contributed by atoms with Crippen molar-refractivity contribution >= 4 is 31.9 Å². The highest BCUT2D eigenvalue weighted by Gasteiger charge is 2.12. The van der Waals surface area contributed by atoms with E-state index in [2.05, 4.69) is 54.0 Å². The predicted molar refractivity (Wildman–Crippen MR) is 79.8 cm³/mol. The van der Waals surface area contributed by atoms with Crippen molar-refractivity contribution in [3.05, 3.63) is 21.0 Å². The van der Waals surface area contributed by atoms with Crippen molar-refractivity contribution in [2.45, 2.75) is 6.54 Å². The van der Waals surface area contributed by atoms with Crippen LogP contribution in [0.5, 0.6) is 0 Å². The summed E-state index contributed by atoms with van der Waals surface area (Å²) in [6.45, 7) is 7.58. The van der Waals surface area contributed by atoms with Crippen LogP contribution < -0.4 is 5.32 Å². The van der Waals surface area contributed by atoms with Crippen LogP contribution in [0.25, 0.3) is 0 Å². The SMILES string of the molecule is CN(CCN1CCNCC1)Cc1cc(Br)c(Br)o1. The summed E-state index contributed by atoms with van der Waals surface area (Å²) in [5, 5.41) is 3.37. The van der Waals surface area contributed by atoms with E-state index in [0.29, 0.717) is 0 Å². The molecule has 102 valence electrons. The van der Waals surface area contributed by atoms with Crippen LogP contribution in [-0.4, -0.2) is 56.1 Å². The van der Waals surface area contributed by atoms with Crippen LogP contribution in [0.3, 0.4) is 0 Å². The molecule has 0 aliphatic carbocycles. The summed E-state index contributed by atoms with van der Waals surface area (Å²) < 4.78 is 7.33. The molecule has 0 amide bonds. The minimum absolute atomic E-state index is 0.771. The summed E-state index contributed by atoms with van der Waals surface area (Å²) in [5.74, 6) is 0.983. The first-order valence-corrected chi connectivity index (χ1v) is 7.79. The topological polar surface area (TPSA) is 31.6 Å². The molecule has 0 saturated carbocycles. The maximum atomic E-state index is 5.58. The molecule has 1 fully saturated rings. The predicted octanol–water partition coefficient (Wildman–Crippen LogP) is 2.14. The number of halogens is 2. The number of piperazine rings is 1. The van der Waals surface area contributed by atoms with Crippen LogP contribution >= 0.6 is 31.9 Å². The lowest BCUT2D eigenvalue weighted by Crippen LogP contribution is -2.45. The summed E-state index contributed by atoms with van der Waals surface area (Å²) in [6.07, 6.45) is 0. The van der Waals surface area contributed by atoms with Gasteiger partial charge in [0.1, 0.15) is 5.76 Å². The lowest BCUT2D eigenvalue weighted by atomic mass is 10.3. The minimum atomic E-state index is 0.771. The van der Waals surface area contributed by atoms with E-state index >= 15 is 0 Å². The Morgan fingerprint density at radius 1 is 1.39 bits per heavy atom. The Morgan fingerprint density at radius 3 is 2.72 bits per heavy atom. The molecule has 1 saturated heterocycles. The van der Waals surface area contributed by atoms with Gasteiger partial charge < -0.3 is 9.73 Å². The van der Waals surface area contributed by atoms with E-state index in [0.717, 1.165) is 60.7 Å². The largest absolute Gasteiger partial charge is 0.452 e. The first kappa shape index (κ1) is 14.5. The van der Waals surface area contributed by atoms with E-state index in [4.69, 9.17) is 4.42 Å². The molecule has 0 bridgehead atoms. The van der Waals surface area contributed by atoms with Crippen LogP contribution in [0.15, 0.2) is 19.6 Å². The third-order valence-electron chi connectivity index (χ3n) is 3.13. The van der Waals surface area contributed by atoms with Crippen LogP contribution in [0.2, 0.25) is 0 Å². The zero-order chi connectivity index (χ0) is 13.0. The second-order valence-electron chi connectivity index (χ2n) is 4.66. The number of hydrogen-bond acceptors (Lipinski definition) is 4. The van der Waals surface area contributed by atoms with Gasteiger partial charge >= 0.3 is 0 Å². The molecule has 0 aromatic carbocycles. The van der Waals surface area contributed by atoms with E-state index in [1.807, 2.05) is 6.07 Å². The van der Waals surface area contributed by atoms with Crippen molar-refractivity contribution in [3.8, 4) is 0 Å². The number of nitrogens with one attached hydrogen (secondary N) is 1. The number of rotatable bonds is 5. The van der Waals surface area contributed by atoms with Crippen molar-refractivity contribution < 1.29 is 4.42 Å². The zero-order valence-corrected chi connectivity index (χ0v) is 13.8. The Labute approximate surface area is 125 Å². The highest BCUT2D eigenvalue weighted by Crippen LogP contribution is 2.27. The Balaban J connectivity index is 1.72. The second kappa shape index (κ2) is 7.05. The summed E-state index contributed by atoms with van der Waals surface area (Å²) in [7, 11) is 2.13. The summed E-state index contributed by atoms with van der Waals surface area (Å²) in [4.78, 5) is 4.79. The first-order valence-electron chi connectivity index (χ1n) is 6.20. The highest BCUT2D eigenvalue weighted by molar-refractivity contribution is 9.13. The monoisotopic (exact) mass is 379 g/mol. The van der Waals surface area contributed by atoms with Crippen LogP contribution in [-0.2, 0) is 6.54 Å². The smallest absolute Gasteiger partial charge is 0.183 e. The van der Waals surface area contributed by atoms with E-state index in [9.17, 15) is 0 Å². The molecule has 6 heteroatoms. The van der Waals surface area contributed by atoms with Gasteiger partial charge in [0, 0.05) is 39.3 Å². The molecule has 1 aromatic rings. The van der Waals surface area contributed by atoms with Gasteiger partial charge in [-0.25, -0.2) is 0 Å². The lowest BCUT2D eigenvalue weighted by Gasteiger charge is -2.28. The van der Waals surface area contributed by atoms with Crippen molar-refractivity contribution in [1.29, 1.82) is 0 Å². The Hall–Kier alpha value is 0.120. The van der Waals surface area contributed by atoms with Gasteiger partial charge in [-0.1, -0.05) is 0 Å². The van der Waals surface area contributed by atoms with Crippen molar-refractivity contribution in [2.24, 2.45) is 0 Å². The fourth-order valence-corrected chi connectivity index (χ4v) is 2.72. The summed E-state index contributed by atoms with van der Waals surface area (Å²) in [6, 6.07) is 2.02. The van der Waals surface area contributed by atoms with E-state index in [1.165, 1.54) is 0 Å². The zero-order valence-electron chi connectivity index (χ0n) is 10.6. The first-order chi connectivity index (χ1) is 8.65.